The zero-order valence-corrected chi connectivity index (χ0v) is 19.8. The Balaban J connectivity index is 1.42. The summed E-state index contributed by atoms with van der Waals surface area (Å²) in [6, 6.07) is 29.0. The number of amides is 1. The number of hydrogen-bond acceptors (Lipinski definition) is 4. The number of likely N-dealkylation sites (N-methyl/N-ethyl adjacent to an activating group) is 1. The Kier molecular flexibility index (Phi) is 7.78. The van der Waals surface area contributed by atoms with Gasteiger partial charge in [-0.3, -0.25) is 4.79 Å². The molecule has 5 nitrogen and oxygen atoms in total. The largest absolute Gasteiger partial charge is 0.391 e. The fourth-order valence-electron chi connectivity index (χ4n) is 4.86. The summed E-state index contributed by atoms with van der Waals surface area (Å²) in [5.41, 5.74) is 1.80. The molecule has 0 aliphatic carbocycles. The van der Waals surface area contributed by atoms with Gasteiger partial charge in [-0.15, -0.1) is 0 Å². The lowest BCUT2D eigenvalue weighted by atomic mass is 9.84. The summed E-state index contributed by atoms with van der Waals surface area (Å²) in [5.74, 6) is -0.270. The summed E-state index contributed by atoms with van der Waals surface area (Å²) in [7, 11) is 1.79. The third-order valence-electron chi connectivity index (χ3n) is 6.97. The van der Waals surface area contributed by atoms with Crippen molar-refractivity contribution in [2.45, 2.75) is 30.5 Å². The summed E-state index contributed by atoms with van der Waals surface area (Å²) in [4.78, 5) is 16.9. The van der Waals surface area contributed by atoms with Gasteiger partial charge < -0.3 is 20.0 Å². The van der Waals surface area contributed by atoms with Crippen molar-refractivity contribution < 1.29 is 15.0 Å². The van der Waals surface area contributed by atoms with Gasteiger partial charge in [-0.1, -0.05) is 78.9 Å². The number of rotatable bonds is 8. The van der Waals surface area contributed by atoms with Gasteiger partial charge in [0.15, 0.2) is 0 Å². The molecule has 4 rings (SSSR count). The lowest BCUT2D eigenvalue weighted by Gasteiger charge is -2.40. The summed E-state index contributed by atoms with van der Waals surface area (Å²) in [5, 5.41) is 22.5. The first-order chi connectivity index (χ1) is 16.5. The fraction of sp³-hybridized carbons (Fsp3) is 0.345. The Morgan fingerprint density at radius 2 is 1.44 bits per heavy atom. The van der Waals surface area contributed by atoms with Crippen LogP contribution in [0.1, 0.15) is 40.2 Å². The van der Waals surface area contributed by atoms with E-state index in [0.29, 0.717) is 44.6 Å². The molecule has 2 atom stereocenters. The van der Waals surface area contributed by atoms with E-state index in [1.807, 2.05) is 91.0 Å². The maximum atomic E-state index is 12.9. The van der Waals surface area contributed by atoms with Crippen molar-refractivity contribution in [3.8, 4) is 0 Å². The highest BCUT2D eigenvalue weighted by atomic mass is 16.3. The molecule has 0 radical (unpaired) electrons. The van der Waals surface area contributed by atoms with Crippen LogP contribution in [-0.2, 0) is 5.60 Å². The second kappa shape index (κ2) is 11.0. The smallest absolute Gasteiger partial charge is 0.253 e. The second-order valence-electron chi connectivity index (χ2n) is 9.33. The van der Waals surface area contributed by atoms with Crippen LogP contribution in [0.25, 0.3) is 0 Å². The predicted octanol–water partition coefficient (Wildman–Crippen LogP) is 3.89. The van der Waals surface area contributed by atoms with Crippen LogP contribution >= 0.6 is 0 Å². The van der Waals surface area contributed by atoms with E-state index in [9.17, 15) is 15.0 Å². The van der Waals surface area contributed by atoms with Gasteiger partial charge in [0.1, 0.15) is 0 Å². The monoisotopic (exact) mass is 458 g/mol. The van der Waals surface area contributed by atoms with E-state index in [4.69, 9.17) is 0 Å². The number of carbonyl (C=O) groups excluding carboxylic acids is 1. The standard InChI is InChI=1S/C29H34N2O3/c1-30(28(33)24-13-7-3-8-14-24)21-26(23-11-5-2-6-12-23)27(32)22-31-19-17-29(34,18-20-31)25-15-9-4-10-16-25/h2-16,26-27,32,34H,17-22H2,1H3. The Hall–Kier alpha value is -2.99. The van der Waals surface area contributed by atoms with E-state index in [1.165, 1.54) is 0 Å². The average Bonchev–Trinajstić information content (AvgIpc) is 2.89. The van der Waals surface area contributed by atoms with Crippen molar-refractivity contribution in [2.75, 3.05) is 33.2 Å². The number of benzene rings is 3. The molecule has 178 valence electrons. The number of likely N-dealkylation sites (tertiary alicyclic amines) is 1. The van der Waals surface area contributed by atoms with Crippen molar-refractivity contribution in [1.29, 1.82) is 0 Å². The molecule has 1 amide bonds. The third kappa shape index (κ3) is 5.73. The van der Waals surface area contributed by atoms with E-state index < -0.39 is 11.7 Å². The van der Waals surface area contributed by atoms with E-state index in [1.54, 1.807) is 11.9 Å². The van der Waals surface area contributed by atoms with Gasteiger partial charge in [-0.05, 0) is 36.1 Å². The van der Waals surface area contributed by atoms with Crippen LogP contribution in [0.15, 0.2) is 91.0 Å². The summed E-state index contributed by atoms with van der Waals surface area (Å²) in [6.07, 6.45) is 0.620. The number of hydrogen-bond donors (Lipinski definition) is 2. The maximum absolute atomic E-state index is 12.9. The van der Waals surface area contributed by atoms with Gasteiger partial charge in [-0.2, -0.15) is 0 Å². The van der Waals surface area contributed by atoms with Gasteiger partial charge in [0, 0.05) is 44.7 Å². The van der Waals surface area contributed by atoms with Gasteiger partial charge in [0.2, 0.25) is 0 Å². The molecule has 0 spiro atoms. The van der Waals surface area contributed by atoms with Gasteiger partial charge in [0.25, 0.3) is 5.91 Å². The minimum absolute atomic E-state index is 0.0559. The van der Waals surface area contributed by atoms with E-state index in [2.05, 4.69) is 4.90 Å². The van der Waals surface area contributed by atoms with Crippen LogP contribution in [0.2, 0.25) is 0 Å². The topological polar surface area (TPSA) is 64.0 Å². The van der Waals surface area contributed by atoms with Crippen molar-refractivity contribution in [3.63, 3.8) is 0 Å². The van der Waals surface area contributed by atoms with E-state index in [-0.39, 0.29) is 11.8 Å². The average molecular weight is 459 g/mol. The molecule has 1 heterocycles. The van der Waals surface area contributed by atoms with Crippen molar-refractivity contribution >= 4 is 5.91 Å². The summed E-state index contributed by atoms with van der Waals surface area (Å²) >= 11 is 0. The molecule has 1 aliphatic heterocycles. The van der Waals surface area contributed by atoms with Crippen LogP contribution in [0.5, 0.6) is 0 Å². The number of carbonyl (C=O) groups is 1. The van der Waals surface area contributed by atoms with Crippen LogP contribution in [0.4, 0.5) is 0 Å². The minimum atomic E-state index is -0.816. The van der Waals surface area contributed by atoms with Gasteiger partial charge in [-0.25, -0.2) is 0 Å². The molecule has 0 bridgehead atoms. The molecule has 2 unspecified atom stereocenters. The fourth-order valence-corrected chi connectivity index (χ4v) is 4.86. The predicted molar refractivity (Wildman–Crippen MR) is 135 cm³/mol. The highest BCUT2D eigenvalue weighted by molar-refractivity contribution is 5.94. The molecule has 5 heteroatoms. The first-order valence-electron chi connectivity index (χ1n) is 12.0. The molecule has 0 aromatic heterocycles. The van der Waals surface area contributed by atoms with Crippen molar-refractivity contribution in [1.82, 2.24) is 9.80 Å². The van der Waals surface area contributed by atoms with E-state index >= 15 is 0 Å². The van der Waals surface area contributed by atoms with Crippen LogP contribution in [-0.4, -0.2) is 65.3 Å². The quantitative estimate of drug-likeness (QED) is 0.538. The maximum Gasteiger partial charge on any atom is 0.253 e. The molecule has 34 heavy (non-hydrogen) atoms. The molecule has 1 saturated heterocycles. The molecule has 1 fully saturated rings. The first kappa shape index (κ1) is 24.1. The van der Waals surface area contributed by atoms with Crippen molar-refractivity contribution in [3.05, 3.63) is 108 Å². The molecule has 3 aromatic rings. The molecule has 2 N–H and O–H groups in total. The molecule has 3 aromatic carbocycles. The number of nitrogens with zero attached hydrogens (tertiary/aromatic N) is 2. The highest BCUT2D eigenvalue weighted by Crippen LogP contribution is 2.33. The van der Waals surface area contributed by atoms with Crippen LogP contribution in [0, 0.1) is 0 Å². The van der Waals surface area contributed by atoms with Crippen LogP contribution in [0.3, 0.4) is 0 Å². The number of piperidine rings is 1. The Morgan fingerprint density at radius 1 is 0.912 bits per heavy atom. The molecule has 1 aliphatic rings. The highest BCUT2D eigenvalue weighted by Gasteiger charge is 2.35. The third-order valence-corrected chi connectivity index (χ3v) is 6.97. The van der Waals surface area contributed by atoms with Gasteiger partial charge >= 0.3 is 0 Å². The normalized spacial score (nSPS) is 17.6. The minimum Gasteiger partial charge on any atom is -0.391 e. The zero-order chi connectivity index (χ0) is 24.0. The number of aliphatic hydroxyl groups is 2. The Labute approximate surface area is 202 Å². The Morgan fingerprint density at radius 3 is 2.03 bits per heavy atom. The lowest BCUT2D eigenvalue weighted by molar-refractivity contribution is -0.0367. The van der Waals surface area contributed by atoms with Crippen LogP contribution < -0.4 is 0 Å². The number of aliphatic hydroxyl groups excluding tert-OH is 1. The lowest BCUT2D eigenvalue weighted by Crippen LogP contribution is -2.47. The summed E-state index contributed by atoms with van der Waals surface area (Å²) in [6.45, 7) is 2.34. The molecular weight excluding hydrogens is 424 g/mol. The molecule has 0 saturated carbocycles. The first-order valence-corrected chi connectivity index (χ1v) is 12.0. The van der Waals surface area contributed by atoms with Crippen molar-refractivity contribution in [2.24, 2.45) is 0 Å². The summed E-state index contributed by atoms with van der Waals surface area (Å²) < 4.78 is 0. The van der Waals surface area contributed by atoms with E-state index in [0.717, 1.165) is 11.1 Å². The van der Waals surface area contributed by atoms with Gasteiger partial charge in [0.05, 0.1) is 11.7 Å². The number of β-amino-alcohol motifs (C(OH)–C–C–N with tert-alkyl or cyclic N) is 1. The second-order valence-corrected chi connectivity index (χ2v) is 9.33. The Bertz CT molecular complexity index is 1030. The molecular formula is C29H34N2O3. The SMILES string of the molecule is CN(CC(c1ccccc1)C(O)CN1CCC(O)(c2ccccc2)CC1)C(=O)c1ccccc1. The zero-order valence-electron chi connectivity index (χ0n) is 19.8.